The van der Waals surface area contributed by atoms with Crippen molar-refractivity contribution in [1.29, 1.82) is 0 Å². The highest BCUT2D eigenvalue weighted by Gasteiger charge is 2.20. The molecule has 0 heterocycles. The lowest BCUT2D eigenvalue weighted by Gasteiger charge is -2.24. The molecule has 2 N–H and O–H groups in total. The molecule has 3 nitrogen and oxygen atoms in total. The highest BCUT2D eigenvalue weighted by Crippen LogP contribution is 2.17. The van der Waals surface area contributed by atoms with E-state index in [4.69, 9.17) is 4.74 Å². The van der Waals surface area contributed by atoms with Crippen molar-refractivity contribution in [2.45, 2.75) is 39.7 Å². The lowest BCUT2D eigenvalue weighted by molar-refractivity contribution is 0.0124. The van der Waals surface area contributed by atoms with E-state index < -0.39 is 5.60 Å². The van der Waals surface area contributed by atoms with Crippen LogP contribution in [-0.2, 0) is 0 Å². The first kappa shape index (κ1) is 15.0. The molecule has 0 aliphatic heterocycles. The molecule has 102 valence electrons. The van der Waals surface area contributed by atoms with Crippen LogP contribution in [0.15, 0.2) is 18.2 Å². The summed E-state index contributed by atoms with van der Waals surface area (Å²) in [4.78, 5) is 0. The Morgan fingerprint density at radius 3 is 2.61 bits per heavy atom. The van der Waals surface area contributed by atoms with E-state index in [1.54, 1.807) is 6.92 Å². The Hall–Kier alpha value is -1.06. The molecule has 1 rings (SSSR count). The summed E-state index contributed by atoms with van der Waals surface area (Å²) in [6.45, 7) is 9.79. The third kappa shape index (κ3) is 5.07. The molecule has 0 saturated heterocycles. The Morgan fingerprint density at radius 1 is 1.28 bits per heavy atom. The van der Waals surface area contributed by atoms with Gasteiger partial charge in [-0.15, -0.1) is 0 Å². The summed E-state index contributed by atoms with van der Waals surface area (Å²) in [6.07, 6.45) is 1.06. The molecule has 0 radical (unpaired) electrons. The third-order valence-corrected chi connectivity index (χ3v) is 2.96. The largest absolute Gasteiger partial charge is 0.491 e. The Bertz CT molecular complexity index is 375. The van der Waals surface area contributed by atoms with E-state index in [1.165, 1.54) is 11.1 Å². The van der Waals surface area contributed by atoms with E-state index in [0.717, 1.165) is 18.7 Å². The molecule has 1 atom stereocenters. The highest BCUT2D eigenvalue weighted by atomic mass is 16.5. The van der Waals surface area contributed by atoms with E-state index >= 15 is 0 Å². The Balaban J connectivity index is 2.45. The molecule has 0 amide bonds. The van der Waals surface area contributed by atoms with Crippen molar-refractivity contribution in [1.82, 2.24) is 5.32 Å². The van der Waals surface area contributed by atoms with Gasteiger partial charge in [-0.25, -0.2) is 0 Å². The van der Waals surface area contributed by atoms with Gasteiger partial charge >= 0.3 is 0 Å². The van der Waals surface area contributed by atoms with Crippen molar-refractivity contribution in [3.8, 4) is 5.75 Å². The van der Waals surface area contributed by atoms with Crippen LogP contribution in [0, 0.1) is 13.8 Å². The number of hydrogen-bond acceptors (Lipinski definition) is 3. The Labute approximate surface area is 110 Å². The van der Waals surface area contributed by atoms with Gasteiger partial charge in [-0.1, -0.05) is 13.0 Å². The first-order valence-electron chi connectivity index (χ1n) is 6.58. The van der Waals surface area contributed by atoms with Crippen molar-refractivity contribution in [3.05, 3.63) is 29.3 Å². The molecule has 0 aliphatic rings. The maximum Gasteiger partial charge on any atom is 0.119 e. The predicted molar refractivity (Wildman–Crippen MR) is 75.2 cm³/mol. The van der Waals surface area contributed by atoms with Gasteiger partial charge in [-0.3, -0.25) is 0 Å². The zero-order valence-electron chi connectivity index (χ0n) is 11.9. The Kier molecular flexibility index (Phi) is 5.63. The smallest absolute Gasteiger partial charge is 0.119 e. The van der Waals surface area contributed by atoms with E-state index in [0.29, 0.717) is 13.2 Å². The van der Waals surface area contributed by atoms with Crippen LogP contribution < -0.4 is 10.1 Å². The predicted octanol–water partition coefficient (Wildman–Crippen LogP) is 2.43. The summed E-state index contributed by atoms with van der Waals surface area (Å²) in [6, 6.07) is 5.98. The third-order valence-electron chi connectivity index (χ3n) is 2.96. The quantitative estimate of drug-likeness (QED) is 0.731. The van der Waals surface area contributed by atoms with Gasteiger partial charge in [0.05, 0.1) is 0 Å². The number of rotatable bonds is 7. The maximum atomic E-state index is 10.1. The molecule has 1 unspecified atom stereocenters. The number of aliphatic hydroxyl groups is 1. The van der Waals surface area contributed by atoms with Crippen molar-refractivity contribution < 1.29 is 9.84 Å². The van der Waals surface area contributed by atoms with Gasteiger partial charge in [0.15, 0.2) is 0 Å². The normalized spacial score (nSPS) is 14.3. The average Bonchev–Trinajstić information content (AvgIpc) is 2.31. The second kappa shape index (κ2) is 6.76. The van der Waals surface area contributed by atoms with E-state index in [2.05, 4.69) is 26.1 Å². The van der Waals surface area contributed by atoms with Gasteiger partial charge in [-0.2, -0.15) is 0 Å². The summed E-state index contributed by atoms with van der Waals surface area (Å²) in [5.74, 6) is 0.814. The molecule has 18 heavy (non-hydrogen) atoms. The first-order valence-corrected chi connectivity index (χ1v) is 6.58. The molecule has 0 spiro atoms. The minimum Gasteiger partial charge on any atom is -0.491 e. The fourth-order valence-electron chi connectivity index (χ4n) is 1.63. The molecule has 0 aliphatic carbocycles. The van der Waals surface area contributed by atoms with Crippen LogP contribution in [0.1, 0.15) is 31.4 Å². The summed E-state index contributed by atoms with van der Waals surface area (Å²) >= 11 is 0. The fraction of sp³-hybridized carbons (Fsp3) is 0.600. The van der Waals surface area contributed by atoms with Crippen LogP contribution in [0.3, 0.4) is 0 Å². The van der Waals surface area contributed by atoms with Crippen LogP contribution in [0.25, 0.3) is 0 Å². The number of nitrogens with one attached hydrogen (secondary N) is 1. The van der Waals surface area contributed by atoms with Crippen LogP contribution >= 0.6 is 0 Å². The molecule has 0 bridgehead atoms. The van der Waals surface area contributed by atoms with Gasteiger partial charge in [0.25, 0.3) is 0 Å². The summed E-state index contributed by atoms with van der Waals surface area (Å²) in [5.41, 5.74) is 1.61. The van der Waals surface area contributed by atoms with Crippen molar-refractivity contribution >= 4 is 0 Å². The molecule has 1 aromatic rings. The lowest BCUT2D eigenvalue weighted by atomic mass is 10.1. The van der Waals surface area contributed by atoms with E-state index in [9.17, 15) is 5.11 Å². The summed E-state index contributed by atoms with van der Waals surface area (Å²) in [7, 11) is 0. The van der Waals surface area contributed by atoms with Crippen LogP contribution in [0.2, 0.25) is 0 Å². The number of hydrogen-bond donors (Lipinski definition) is 2. The second-order valence-corrected chi connectivity index (χ2v) is 5.21. The first-order chi connectivity index (χ1) is 8.44. The highest BCUT2D eigenvalue weighted by molar-refractivity contribution is 5.33. The monoisotopic (exact) mass is 251 g/mol. The second-order valence-electron chi connectivity index (χ2n) is 5.21. The van der Waals surface area contributed by atoms with Gasteiger partial charge in [0, 0.05) is 6.54 Å². The summed E-state index contributed by atoms with van der Waals surface area (Å²) < 4.78 is 5.65. The van der Waals surface area contributed by atoms with Gasteiger partial charge in [-0.05, 0) is 57.0 Å². The zero-order valence-corrected chi connectivity index (χ0v) is 11.9. The molecular formula is C15H25NO2. The SMILES string of the molecule is CCCNCC(C)(O)COc1ccc(C)c(C)c1. The molecular weight excluding hydrogens is 226 g/mol. The number of aryl methyl sites for hydroxylation is 2. The molecule has 0 fully saturated rings. The van der Waals surface area contributed by atoms with E-state index in [1.807, 2.05) is 18.2 Å². The van der Waals surface area contributed by atoms with Gasteiger partial charge in [0.2, 0.25) is 0 Å². The Morgan fingerprint density at radius 2 is 2.00 bits per heavy atom. The van der Waals surface area contributed by atoms with Crippen LogP contribution in [0.5, 0.6) is 5.75 Å². The van der Waals surface area contributed by atoms with Crippen molar-refractivity contribution in [3.63, 3.8) is 0 Å². The standard InChI is InChI=1S/C15H25NO2/c1-5-8-16-10-15(4,17)11-18-14-7-6-12(2)13(3)9-14/h6-7,9,16-17H,5,8,10-11H2,1-4H3. The number of benzene rings is 1. The van der Waals surface area contributed by atoms with Crippen LogP contribution in [-0.4, -0.2) is 30.4 Å². The minimum atomic E-state index is -0.839. The van der Waals surface area contributed by atoms with E-state index in [-0.39, 0.29) is 0 Å². The molecule has 0 saturated carbocycles. The lowest BCUT2D eigenvalue weighted by Crippen LogP contribution is -2.43. The summed E-state index contributed by atoms with van der Waals surface area (Å²) in [5, 5.41) is 13.3. The van der Waals surface area contributed by atoms with Crippen molar-refractivity contribution in [2.75, 3.05) is 19.7 Å². The maximum absolute atomic E-state index is 10.1. The fourth-order valence-corrected chi connectivity index (χ4v) is 1.63. The van der Waals surface area contributed by atoms with Gasteiger partial charge in [0.1, 0.15) is 18.0 Å². The number of ether oxygens (including phenoxy) is 1. The molecule has 0 aromatic heterocycles. The van der Waals surface area contributed by atoms with Gasteiger partial charge < -0.3 is 15.2 Å². The van der Waals surface area contributed by atoms with Crippen LogP contribution in [0.4, 0.5) is 0 Å². The zero-order chi connectivity index (χ0) is 13.6. The minimum absolute atomic E-state index is 0.298. The average molecular weight is 251 g/mol. The van der Waals surface area contributed by atoms with Crippen molar-refractivity contribution in [2.24, 2.45) is 0 Å². The molecule has 1 aromatic carbocycles. The molecule has 3 heteroatoms. The topological polar surface area (TPSA) is 41.5 Å².